The average molecular weight is 415 g/mol. The van der Waals surface area contributed by atoms with Crippen LogP contribution in [0.4, 0.5) is 9.93 Å². The summed E-state index contributed by atoms with van der Waals surface area (Å²) in [6, 6.07) is 8.43. The molecule has 1 aromatic heterocycles. The van der Waals surface area contributed by atoms with Gasteiger partial charge >= 0.3 is 6.03 Å². The quantitative estimate of drug-likeness (QED) is 0.649. The first-order valence-electron chi connectivity index (χ1n) is 10.4. The van der Waals surface area contributed by atoms with Crippen molar-refractivity contribution in [3.63, 3.8) is 0 Å². The molecule has 6 nitrogen and oxygen atoms in total. The number of anilines is 1. The predicted molar refractivity (Wildman–Crippen MR) is 117 cm³/mol. The van der Waals surface area contributed by atoms with Gasteiger partial charge in [-0.25, -0.2) is 9.78 Å². The molecular formula is C22H30N4O2S. The molecule has 7 heteroatoms. The minimum atomic E-state index is -0.127. The van der Waals surface area contributed by atoms with E-state index in [2.05, 4.69) is 60.7 Å². The molecule has 1 unspecified atom stereocenters. The molecule has 29 heavy (non-hydrogen) atoms. The van der Waals surface area contributed by atoms with Crippen molar-refractivity contribution in [3.05, 3.63) is 46.5 Å². The van der Waals surface area contributed by atoms with Crippen molar-refractivity contribution in [2.45, 2.75) is 52.5 Å². The van der Waals surface area contributed by atoms with Crippen molar-refractivity contribution >= 4 is 28.4 Å². The molecule has 1 aromatic carbocycles. The second-order valence-electron chi connectivity index (χ2n) is 7.82. The van der Waals surface area contributed by atoms with Gasteiger partial charge in [0.15, 0.2) is 5.13 Å². The molecule has 156 valence electrons. The van der Waals surface area contributed by atoms with E-state index in [9.17, 15) is 9.59 Å². The standard InChI is InChI=1S/C22H30N4O2S/c1-4-5-6-16-7-9-17(10-8-16)20(15(2)3)25-19(27)13-18-14-29-22(24-18)26-12-11-23-21(26)28/h7-10,14-15,20H,4-6,11-13H2,1-3H3,(H,23,28)(H,25,27). The Morgan fingerprint density at radius 2 is 2.07 bits per heavy atom. The lowest BCUT2D eigenvalue weighted by molar-refractivity contribution is -0.121. The Morgan fingerprint density at radius 1 is 1.31 bits per heavy atom. The summed E-state index contributed by atoms with van der Waals surface area (Å²) in [6.45, 7) is 7.67. The smallest absolute Gasteiger partial charge is 0.323 e. The molecule has 2 N–H and O–H groups in total. The van der Waals surface area contributed by atoms with Gasteiger partial charge in [-0.3, -0.25) is 9.69 Å². The molecular weight excluding hydrogens is 384 g/mol. The summed E-state index contributed by atoms with van der Waals surface area (Å²) in [6.07, 6.45) is 3.69. The molecule has 2 heterocycles. The number of aromatic nitrogens is 1. The third-order valence-corrected chi connectivity index (χ3v) is 6.02. The van der Waals surface area contributed by atoms with Crippen LogP contribution in [0, 0.1) is 5.92 Å². The Balaban J connectivity index is 1.61. The topological polar surface area (TPSA) is 74.3 Å². The summed E-state index contributed by atoms with van der Waals surface area (Å²) < 4.78 is 0. The molecule has 0 spiro atoms. The van der Waals surface area contributed by atoms with E-state index >= 15 is 0 Å². The number of benzene rings is 1. The van der Waals surface area contributed by atoms with Crippen molar-refractivity contribution in [1.82, 2.24) is 15.6 Å². The fraction of sp³-hybridized carbons (Fsp3) is 0.500. The number of amides is 3. The fourth-order valence-corrected chi connectivity index (χ4v) is 4.30. The normalized spacial score (nSPS) is 14.9. The fourth-order valence-electron chi connectivity index (χ4n) is 3.45. The third kappa shape index (κ3) is 5.56. The zero-order chi connectivity index (χ0) is 20.8. The average Bonchev–Trinajstić information content (AvgIpc) is 3.33. The van der Waals surface area contributed by atoms with Gasteiger partial charge in [-0.05, 0) is 29.9 Å². The van der Waals surface area contributed by atoms with Gasteiger partial charge < -0.3 is 10.6 Å². The maximum absolute atomic E-state index is 12.7. The first-order valence-corrected chi connectivity index (χ1v) is 11.2. The lowest BCUT2D eigenvalue weighted by atomic mass is 9.94. The number of thiazole rings is 1. The molecule has 1 fully saturated rings. The molecule has 0 saturated carbocycles. The number of unbranched alkanes of at least 4 members (excludes halogenated alkanes) is 1. The van der Waals surface area contributed by atoms with E-state index in [1.807, 2.05) is 5.38 Å². The molecule has 1 atom stereocenters. The third-order valence-electron chi connectivity index (χ3n) is 5.11. The molecule has 3 rings (SSSR count). The number of carbonyl (C=O) groups is 2. The highest BCUT2D eigenvalue weighted by Crippen LogP contribution is 2.24. The van der Waals surface area contributed by atoms with Gasteiger partial charge in [-0.15, -0.1) is 11.3 Å². The molecule has 0 aliphatic carbocycles. The zero-order valence-electron chi connectivity index (χ0n) is 17.4. The van der Waals surface area contributed by atoms with Crippen molar-refractivity contribution in [2.24, 2.45) is 5.92 Å². The van der Waals surface area contributed by atoms with Gasteiger partial charge in [0.05, 0.1) is 18.2 Å². The van der Waals surface area contributed by atoms with Crippen molar-refractivity contribution in [2.75, 3.05) is 18.0 Å². The SMILES string of the molecule is CCCCc1ccc(C(NC(=O)Cc2csc(N3CCNC3=O)n2)C(C)C)cc1. The summed E-state index contributed by atoms with van der Waals surface area (Å²) in [5.74, 6) is 0.223. The predicted octanol–water partition coefficient (Wildman–Crippen LogP) is 4.07. The highest BCUT2D eigenvalue weighted by Gasteiger charge is 2.24. The minimum Gasteiger partial charge on any atom is -0.349 e. The Bertz CT molecular complexity index is 832. The molecule has 1 saturated heterocycles. The van der Waals surface area contributed by atoms with Crippen molar-refractivity contribution in [1.29, 1.82) is 0 Å². The Hall–Kier alpha value is -2.41. The second kappa shape index (κ2) is 9.87. The van der Waals surface area contributed by atoms with Crippen LogP contribution < -0.4 is 15.5 Å². The second-order valence-corrected chi connectivity index (χ2v) is 8.65. The highest BCUT2D eigenvalue weighted by atomic mass is 32.1. The molecule has 0 radical (unpaired) electrons. The molecule has 1 aliphatic rings. The van der Waals surface area contributed by atoms with E-state index in [0.29, 0.717) is 23.9 Å². The van der Waals surface area contributed by atoms with E-state index in [-0.39, 0.29) is 30.3 Å². The number of aryl methyl sites for hydroxylation is 1. The largest absolute Gasteiger partial charge is 0.349 e. The summed E-state index contributed by atoms with van der Waals surface area (Å²) in [5, 5.41) is 8.43. The minimum absolute atomic E-state index is 0.0369. The number of rotatable bonds is 9. The van der Waals surface area contributed by atoms with Crippen LogP contribution >= 0.6 is 11.3 Å². The maximum Gasteiger partial charge on any atom is 0.323 e. The van der Waals surface area contributed by atoms with Crippen molar-refractivity contribution < 1.29 is 9.59 Å². The van der Waals surface area contributed by atoms with E-state index < -0.39 is 0 Å². The highest BCUT2D eigenvalue weighted by molar-refractivity contribution is 7.14. The van der Waals surface area contributed by atoms with Crippen LogP contribution in [0.25, 0.3) is 0 Å². The van der Waals surface area contributed by atoms with Crippen LogP contribution in [0.3, 0.4) is 0 Å². The lowest BCUT2D eigenvalue weighted by Gasteiger charge is -2.23. The van der Waals surface area contributed by atoms with Gasteiger partial charge in [0.25, 0.3) is 0 Å². The van der Waals surface area contributed by atoms with Crippen LogP contribution in [0.2, 0.25) is 0 Å². The van der Waals surface area contributed by atoms with E-state index in [4.69, 9.17) is 0 Å². The molecule has 3 amide bonds. The van der Waals surface area contributed by atoms with Gasteiger partial charge in [0, 0.05) is 18.5 Å². The summed E-state index contributed by atoms with van der Waals surface area (Å²) in [4.78, 5) is 30.5. The Kier molecular flexibility index (Phi) is 7.25. The lowest BCUT2D eigenvalue weighted by Crippen LogP contribution is -2.33. The van der Waals surface area contributed by atoms with Crippen LogP contribution in [0.15, 0.2) is 29.6 Å². The van der Waals surface area contributed by atoms with E-state index in [0.717, 1.165) is 12.0 Å². The number of nitrogens with zero attached hydrogens (tertiary/aromatic N) is 2. The van der Waals surface area contributed by atoms with Crippen LogP contribution in [0.1, 0.15) is 56.5 Å². The van der Waals surface area contributed by atoms with Gasteiger partial charge in [-0.1, -0.05) is 51.5 Å². The first kappa shape index (κ1) is 21.3. The van der Waals surface area contributed by atoms with Crippen LogP contribution in [-0.4, -0.2) is 30.0 Å². The summed E-state index contributed by atoms with van der Waals surface area (Å²) >= 11 is 1.40. The number of hydrogen-bond donors (Lipinski definition) is 2. The van der Waals surface area contributed by atoms with Gasteiger partial charge in [0.2, 0.25) is 5.91 Å². The Morgan fingerprint density at radius 3 is 2.69 bits per heavy atom. The monoisotopic (exact) mass is 414 g/mol. The van der Waals surface area contributed by atoms with Gasteiger partial charge in [-0.2, -0.15) is 0 Å². The molecule has 2 aromatic rings. The first-order chi connectivity index (χ1) is 14.0. The maximum atomic E-state index is 12.7. The zero-order valence-corrected chi connectivity index (χ0v) is 18.2. The van der Waals surface area contributed by atoms with E-state index in [1.165, 1.54) is 29.7 Å². The number of nitrogens with one attached hydrogen (secondary N) is 2. The number of hydrogen-bond acceptors (Lipinski definition) is 4. The van der Waals surface area contributed by atoms with E-state index in [1.54, 1.807) is 4.90 Å². The van der Waals surface area contributed by atoms with Crippen LogP contribution in [0.5, 0.6) is 0 Å². The van der Waals surface area contributed by atoms with Crippen LogP contribution in [-0.2, 0) is 17.6 Å². The van der Waals surface area contributed by atoms with Crippen molar-refractivity contribution in [3.8, 4) is 0 Å². The summed E-state index contributed by atoms with van der Waals surface area (Å²) in [7, 11) is 0. The summed E-state index contributed by atoms with van der Waals surface area (Å²) in [5.41, 5.74) is 3.16. The molecule has 0 bridgehead atoms. The molecule has 1 aliphatic heterocycles. The Labute approximate surface area is 176 Å². The van der Waals surface area contributed by atoms with Gasteiger partial charge in [0.1, 0.15) is 0 Å². The number of carbonyl (C=O) groups excluding carboxylic acids is 2. The number of urea groups is 1.